The van der Waals surface area contributed by atoms with Crippen molar-refractivity contribution in [2.75, 3.05) is 13.2 Å². The topological polar surface area (TPSA) is 84.9 Å². The van der Waals surface area contributed by atoms with Crippen molar-refractivity contribution in [2.24, 2.45) is 0 Å². The zero-order chi connectivity index (χ0) is 21.6. The smallest absolute Gasteiger partial charge is 0.410 e. The van der Waals surface area contributed by atoms with Gasteiger partial charge in [0.25, 0.3) is 11.1 Å². The predicted octanol–water partition coefficient (Wildman–Crippen LogP) is 4.19. The third-order valence-corrected chi connectivity index (χ3v) is 5.89. The number of carbonyl (C=O) groups is 3. The van der Waals surface area contributed by atoms with Crippen molar-refractivity contribution in [3.05, 3.63) is 70.6 Å². The second-order valence-corrected chi connectivity index (χ2v) is 8.28. The van der Waals surface area contributed by atoms with Crippen LogP contribution in [0.2, 0.25) is 0 Å². The van der Waals surface area contributed by atoms with E-state index >= 15 is 0 Å². The molecular weight excluding hydrogens is 416 g/mol. The number of benzene rings is 2. The maximum Gasteiger partial charge on any atom is 0.410 e. The van der Waals surface area contributed by atoms with Crippen LogP contribution in [0, 0.1) is 0 Å². The lowest BCUT2D eigenvalue weighted by Gasteiger charge is -2.24. The fourth-order valence-corrected chi connectivity index (χ4v) is 4.16. The highest BCUT2D eigenvalue weighted by atomic mass is 32.2. The van der Waals surface area contributed by atoms with Crippen LogP contribution >= 0.6 is 11.8 Å². The van der Waals surface area contributed by atoms with Gasteiger partial charge in [-0.1, -0.05) is 42.5 Å². The molecule has 2 aliphatic rings. The summed E-state index contributed by atoms with van der Waals surface area (Å²) < 4.78 is 11.3. The van der Waals surface area contributed by atoms with Gasteiger partial charge in [-0.15, -0.1) is 0 Å². The van der Waals surface area contributed by atoms with E-state index in [1.807, 2.05) is 42.5 Å². The van der Waals surface area contributed by atoms with Crippen molar-refractivity contribution < 1.29 is 23.9 Å². The molecule has 2 saturated heterocycles. The molecule has 1 N–H and O–H groups in total. The molecule has 4 rings (SSSR count). The minimum absolute atomic E-state index is 0.0327. The molecular formula is C23H22N2O5S. The van der Waals surface area contributed by atoms with Crippen molar-refractivity contribution >= 4 is 35.1 Å². The summed E-state index contributed by atoms with van der Waals surface area (Å²) >= 11 is 0.886. The Balaban J connectivity index is 1.29. The molecule has 0 aliphatic carbocycles. The fourth-order valence-electron chi connectivity index (χ4n) is 3.48. The van der Waals surface area contributed by atoms with Crippen LogP contribution in [0.5, 0.6) is 5.75 Å². The maximum absolute atomic E-state index is 12.5. The number of nitrogens with zero attached hydrogens (tertiary/aromatic N) is 1. The lowest BCUT2D eigenvalue weighted by Crippen LogP contribution is -2.39. The molecule has 2 aromatic rings. The average Bonchev–Trinajstić information content (AvgIpc) is 3.38. The van der Waals surface area contributed by atoms with Crippen LogP contribution in [0.15, 0.2) is 59.5 Å². The Morgan fingerprint density at radius 3 is 2.61 bits per heavy atom. The number of ether oxygens (including phenoxy) is 2. The molecule has 2 aromatic carbocycles. The third-order valence-electron chi connectivity index (χ3n) is 5.08. The van der Waals surface area contributed by atoms with Crippen LogP contribution in [0.1, 0.15) is 24.0 Å². The Morgan fingerprint density at radius 1 is 1.13 bits per heavy atom. The highest BCUT2D eigenvalue weighted by molar-refractivity contribution is 8.18. The predicted molar refractivity (Wildman–Crippen MR) is 117 cm³/mol. The van der Waals surface area contributed by atoms with Gasteiger partial charge < -0.3 is 14.4 Å². The number of rotatable bonds is 6. The van der Waals surface area contributed by atoms with Crippen molar-refractivity contribution in [2.45, 2.75) is 25.5 Å². The molecule has 3 amide bonds. The SMILES string of the molecule is O=C1NC(=O)/C(=C\c2ccc(OC[C@H]3CCCN3C(=O)OCc3ccccc3)cc2)S1. The highest BCUT2D eigenvalue weighted by Crippen LogP contribution is 2.26. The Morgan fingerprint density at radius 2 is 1.90 bits per heavy atom. The molecule has 1 atom stereocenters. The molecule has 2 heterocycles. The second kappa shape index (κ2) is 9.70. The van der Waals surface area contributed by atoms with Crippen LogP contribution < -0.4 is 10.1 Å². The standard InChI is InChI=1S/C23H22N2O5S/c26-21-20(31-22(27)24-21)13-16-8-10-19(11-9-16)29-15-18-7-4-12-25(18)23(28)30-14-17-5-2-1-3-6-17/h1-3,5-6,8-11,13,18H,4,7,12,14-15H2,(H,24,26,27)/b20-13+/t18-/m1/s1. The Kier molecular flexibility index (Phi) is 6.57. The van der Waals surface area contributed by atoms with Crippen molar-refractivity contribution in [1.82, 2.24) is 10.2 Å². The van der Waals surface area contributed by atoms with Gasteiger partial charge in [-0.2, -0.15) is 0 Å². The van der Waals surface area contributed by atoms with Crippen LogP contribution in [0.4, 0.5) is 9.59 Å². The van der Waals surface area contributed by atoms with E-state index in [1.165, 1.54) is 0 Å². The summed E-state index contributed by atoms with van der Waals surface area (Å²) in [7, 11) is 0. The van der Waals surface area contributed by atoms with Gasteiger partial charge in [-0.3, -0.25) is 14.9 Å². The number of imide groups is 1. The molecule has 31 heavy (non-hydrogen) atoms. The van der Waals surface area contributed by atoms with Crippen molar-refractivity contribution in [3.63, 3.8) is 0 Å². The highest BCUT2D eigenvalue weighted by Gasteiger charge is 2.30. The number of hydrogen-bond acceptors (Lipinski definition) is 6. The number of thioether (sulfide) groups is 1. The van der Waals surface area contributed by atoms with Gasteiger partial charge >= 0.3 is 6.09 Å². The number of hydrogen-bond donors (Lipinski definition) is 1. The van der Waals surface area contributed by atoms with Gasteiger partial charge in [-0.25, -0.2) is 4.79 Å². The molecule has 0 saturated carbocycles. The van der Waals surface area contributed by atoms with E-state index in [0.29, 0.717) is 23.8 Å². The minimum atomic E-state index is -0.379. The lowest BCUT2D eigenvalue weighted by atomic mass is 10.2. The Labute approximate surface area is 184 Å². The quantitative estimate of drug-likeness (QED) is 0.681. The van der Waals surface area contributed by atoms with Crippen molar-refractivity contribution in [3.8, 4) is 5.75 Å². The molecule has 160 valence electrons. The van der Waals surface area contributed by atoms with E-state index in [-0.39, 0.29) is 29.9 Å². The molecule has 0 spiro atoms. The molecule has 0 bridgehead atoms. The zero-order valence-electron chi connectivity index (χ0n) is 16.8. The molecule has 2 aliphatic heterocycles. The van der Waals surface area contributed by atoms with Gasteiger partial charge in [0.05, 0.1) is 10.9 Å². The first-order chi connectivity index (χ1) is 15.1. The van der Waals surface area contributed by atoms with Crippen molar-refractivity contribution in [1.29, 1.82) is 0 Å². The summed E-state index contributed by atoms with van der Waals surface area (Å²) in [6.45, 7) is 1.29. The van der Waals surface area contributed by atoms with Gasteiger partial charge in [0.2, 0.25) is 0 Å². The fraction of sp³-hybridized carbons (Fsp3) is 0.261. The van der Waals surface area contributed by atoms with Crippen LogP contribution in [-0.2, 0) is 16.1 Å². The summed E-state index contributed by atoms with van der Waals surface area (Å²) in [4.78, 5) is 37.5. The summed E-state index contributed by atoms with van der Waals surface area (Å²) in [5.41, 5.74) is 1.75. The lowest BCUT2D eigenvalue weighted by molar-refractivity contribution is -0.115. The number of amides is 3. The molecule has 0 radical (unpaired) electrons. The maximum atomic E-state index is 12.5. The van der Waals surface area contributed by atoms with E-state index in [9.17, 15) is 14.4 Å². The monoisotopic (exact) mass is 438 g/mol. The molecule has 0 aromatic heterocycles. The molecule has 2 fully saturated rings. The van der Waals surface area contributed by atoms with E-state index in [4.69, 9.17) is 9.47 Å². The largest absolute Gasteiger partial charge is 0.491 e. The number of nitrogens with one attached hydrogen (secondary N) is 1. The van der Waals surface area contributed by atoms with E-state index in [2.05, 4.69) is 5.32 Å². The molecule has 8 heteroatoms. The average molecular weight is 439 g/mol. The van der Waals surface area contributed by atoms with Gasteiger partial charge in [0.1, 0.15) is 19.0 Å². The van der Waals surface area contributed by atoms with E-state index in [0.717, 1.165) is 35.7 Å². The van der Waals surface area contributed by atoms with Gasteiger partial charge in [0.15, 0.2) is 0 Å². The summed E-state index contributed by atoms with van der Waals surface area (Å²) in [5, 5.41) is 1.87. The zero-order valence-corrected chi connectivity index (χ0v) is 17.6. The van der Waals surface area contributed by atoms with Crippen LogP contribution in [-0.4, -0.2) is 41.3 Å². The van der Waals surface area contributed by atoms with Gasteiger partial charge in [0, 0.05) is 6.54 Å². The summed E-state index contributed by atoms with van der Waals surface area (Å²) in [6.07, 6.45) is 3.12. The third kappa shape index (κ3) is 5.46. The summed E-state index contributed by atoms with van der Waals surface area (Å²) in [6, 6.07) is 16.8. The molecule has 0 unspecified atom stereocenters. The Bertz CT molecular complexity index is 991. The first-order valence-electron chi connectivity index (χ1n) is 10.0. The van der Waals surface area contributed by atoms with E-state index < -0.39 is 0 Å². The summed E-state index contributed by atoms with van der Waals surface area (Å²) in [5.74, 6) is 0.294. The first kappa shape index (κ1) is 21.0. The Hall–Kier alpha value is -3.26. The minimum Gasteiger partial charge on any atom is -0.491 e. The normalized spacial score (nSPS) is 19.5. The second-order valence-electron chi connectivity index (χ2n) is 7.26. The molecule has 7 nitrogen and oxygen atoms in total. The number of likely N-dealkylation sites (tertiary alicyclic amines) is 1. The number of carbonyl (C=O) groups excluding carboxylic acids is 3. The van der Waals surface area contributed by atoms with Crippen LogP contribution in [0.25, 0.3) is 6.08 Å². The van der Waals surface area contributed by atoms with E-state index in [1.54, 1.807) is 23.1 Å². The first-order valence-corrected chi connectivity index (χ1v) is 10.9. The van der Waals surface area contributed by atoms with Gasteiger partial charge in [-0.05, 0) is 53.9 Å². The van der Waals surface area contributed by atoms with Crippen LogP contribution in [0.3, 0.4) is 0 Å².